The predicted octanol–water partition coefficient (Wildman–Crippen LogP) is 3.55. The predicted molar refractivity (Wildman–Crippen MR) is 67.7 cm³/mol. The molecule has 1 aliphatic carbocycles. The third-order valence-corrected chi connectivity index (χ3v) is 4.37. The summed E-state index contributed by atoms with van der Waals surface area (Å²) in [6, 6.07) is 2.39. The Morgan fingerprint density at radius 3 is 3.00 bits per heavy atom. The lowest BCUT2D eigenvalue weighted by Gasteiger charge is -2.18. The van der Waals surface area contributed by atoms with E-state index in [1.165, 1.54) is 30.7 Å². The highest BCUT2D eigenvalue weighted by Crippen LogP contribution is 2.40. The van der Waals surface area contributed by atoms with E-state index in [4.69, 9.17) is 0 Å². The minimum absolute atomic E-state index is 0.828. The van der Waals surface area contributed by atoms with Gasteiger partial charge in [-0.05, 0) is 61.7 Å². The molecule has 84 valence electrons. The lowest BCUT2D eigenvalue weighted by molar-refractivity contribution is 0.451. The number of thiophene rings is 1. The quantitative estimate of drug-likeness (QED) is 0.823. The molecule has 0 bridgehead atoms. The van der Waals surface area contributed by atoms with Gasteiger partial charge in [-0.15, -0.1) is 11.3 Å². The van der Waals surface area contributed by atoms with Gasteiger partial charge in [0, 0.05) is 4.88 Å². The summed E-state index contributed by atoms with van der Waals surface area (Å²) in [7, 11) is 0. The van der Waals surface area contributed by atoms with E-state index in [0.29, 0.717) is 0 Å². The highest BCUT2D eigenvalue weighted by atomic mass is 32.1. The van der Waals surface area contributed by atoms with Gasteiger partial charge in [0.25, 0.3) is 0 Å². The van der Waals surface area contributed by atoms with Gasteiger partial charge < -0.3 is 5.32 Å². The Labute approximate surface area is 96.9 Å². The molecule has 2 rings (SSSR count). The minimum Gasteiger partial charge on any atom is -0.317 e. The van der Waals surface area contributed by atoms with Crippen LogP contribution in [0.15, 0.2) is 11.4 Å². The average molecular weight is 223 g/mol. The molecule has 0 radical (unpaired) electrons. The van der Waals surface area contributed by atoms with Gasteiger partial charge in [-0.25, -0.2) is 0 Å². The van der Waals surface area contributed by atoms with Gasteiger partial charge in [0.15, 0.2) is 0 Å². The second-order valence-corrected chi connectivity index (χ2v) is 5.71. The first kappa shape index (κ1) is 11.2. The Hall–Kier alpha value is -0.340. The molecule has 0 aromatic carbocycles. The van der Waals surface area contributed by atoms with Crippen molar-refractivity contribution in [3.8, 4) is 0 Å². The van der Waals surface area contributed by atoms with Crippen molar-refractivity contribution in [2.45, 2.75) is 39.0 Å². The van der Waals surface area contributed by atoms with E-state index >= 15 is 0 Å². The fraction of sp³-hybridized carbons (Fsp3) is 0.692. The molecule has 1 aromatic rings. The van der Waals surface area contributed by atoms with Crippen molar-refractivity contribution in [3.05, 3.63) is 21.9 Å². The number of rotatable bonds is 4. The van der Waals surface area contributed by atoms with Crippen molar-refractivity contribution in [2.75, 3.05) is 13.1 Å². The molecule has 2 atom stereocenters. The van der Waals surface area contributed by atoms with Crippen LogP contribution < -0.4 is 5.32 Å². The zero-order valence-corrected chi connectivity index (χ0v) is 10.6. The van der Waals surface area contributed by atoms with Crippen LogP contribution in [-0.2, 0) is 0 Å². The van der Waals surface area contributed by atoms with Gasteiger partial charge >= 0.3 is 0 Å². The second-order valence-electron chi connectivity index (χ2n) is 4.60. The molecular weight excluding hydrogens is 202 g/mol. The molecule has 1 heterocycles. The summed E-state index contributed by atoms with van der Waals surface area (Å²) in [6.07, 6.45) is 4.22. The van der Waals surface area contributed by atoms with Crippen molar-refractivity contribution in [1.82, 2.24) is 5.32 Å². The monoisotopic (exact) mass is 223 g/mol. The van der Waals surface area contributed by atoms with E-state index < -0.39 is 0 Å². The molecule has 15 heavy (non-hydrogen) atoms. The normalized spacial score (nSPS) is 26.0. The maximum absolute atomic E-state index is 3.50. The lowest BCUT2D eigenvalue weighted by Crippen LogP contribution is -2.24. The fourth-order valence-corrected chi connectivity index (χ4v) is 3.48. The molecule has 1 saturated carbocycles. The maximum Gasteiger partial charge on any atom is 0.00171 e. The molecule has 2 unspecified atom stereocenters. The average Bonchev–Trinajstić information content (AvgIpc) is 2.82. The minimum atomic E-state index is 0.828. The van der Waals surface area contributed by atoms with Crippen molar-refractivity contribution >= 4 is 11.3 Å². The summed E-state index contributed by atoms with van der Waals surface area (Å²) in [5, 5.41) is 5.87. The summed E-state index contributed by atoms with van der Waals surface area (Å²) < 4.78 is 0. The van der Waals surface area contributed by atoms with Crippen molar-refractivity contribution in [2.24, 2.45) is 5.92 Å². The van der Waals surface area contributed by atoms with E-state index in [-0.39, 0.29) is 0 Å². The molecule has 1 aromatic heterocycles. The molecule has 0 saturated heterocycles. The molecule has 0 amide bonds. The van der Waals surface area contributed by atoms with Crippen LogP contribution in [0.5, 0.6) is 0 Å². The van der Waals surface area contributed by atoms with Gasteiger partial charge in [0.1, 0.15) is 0 Å². The van der Waals surface area contributed by atoms with Gasteiger partial charge in [-0.2, -0.15) is 0 Å². The van der Waals surface area contributed by atoms with E-state index in [2.05, 4.69) is 30.6 Å². The zero-order valence-electron chi connectivity index (χ0n) is 9.75. The van der Waals surface area contributed by atoms with Crippen molar-refractivity contribution in [1.29, 1.82) is 0 Å². The van der Waals surface area contributed by atoms with Crippen LogP contribution in [0.4, 0.5) is 0 Å². The Kier molecular flexibility index (Phi) is 3.81. The van der Waals surface area contributed by atoms with Crippen LogP contribution in [0, 0.1) is 12.8 Å². The van der Waals surface area contributed by atoms with Crippen LogP contribution in [0.3, 0.4) is 0 Å². The molecule has 1 aliphatic rings. The van der Waals surface area contributed by atoms with Crippen LogP contribution in [0.1, 0.15) is 42.5 Å². The smallest absolute Gasteiger partial charge is 0.00171 e. The largest absolute Gasteiger partial charge is 0.317 e. The van der Waals surface area contributed by atoms with Gasteiger partial charge in [0.05, 0.1) is 0 Å². The Bertz CT molecular complexity index is 305. The molecular formula is C13H21NS. The first-order valence-electron chi connectivity index (χ1n) is 6.07. The number of hydrogen-bond acceptors (Lipinski definition) is 2. The number of nitrogens with one attached hydrogen (secondary N) is 1. The van der Waals surface area contributed by atoms with E-state index in [0.717, 1.165) is 18.4 Å². The molecule has 0 spiro atoms. The first-order chi connectivity index (χ1) is 7.31. The molecule has 1 fully saturated rings. The van der Waals surface area contributed by atoms with E-state index in [1.54, 1.807) is 5.56 Å². The zero-order chi connectivity index (χ0) is 10.7. The van der Waals surface area contributed by atoms with Crippen molar-refractivity contribution in [3.63, 3.8) is 0 Å². The van der Waals surface area contributed by atoms with Crippen LogP contribution >= 0.6 is 11.3 Å². The molecule has 1 nitrogen and oxygen atoms in total. The SMILES string of the molecule is CCNCC1CCCC1c1csc(C)c1. The topological polar surface area (TPSA) is 12.0 Å². The number of aryl methyl sites for hydroxylation is 1. The van der Waals surface area contributed by atoms with Gasteiger partial charge in [0.2, 0.25) is 0 Å². The summed E-state index contributed by atoms with van der Waals surface area (Å²) in [5.41, 5.74) is 1.60. The summed E-state index contributed by atoms with van der Waals surface area (Å²) >= 11 is 1.90. The highest BCUT2D eigenvalue weighted by molar-refractivity contribution is 7.10. The lowest BCUT2D eigenvalue weighted by atomic mass is 9.90. The maximum atomic E-state index is 3.50. The Balaban J connectivity index is 2.01. The number of hydrogen-bond donors (Lipinski definition) is 1. The third kappa shape index (κ3) is 2.61. The fourth-order valence-electron chi connectivity index (χ4n) is 2.71. The van der Waals surface area contributed by atoms with Gasteiger partial charge in [-0.3, -0.25) is 0 Å². The van der Waals surface area contributed by atoms with E-state index in [9.17, 15) is 0 Å². The standard InChI is InChI=1S/C13H21NS/c1-3-14-8-11-5-4-6-13(11)12-7-10(2)15-9-12/h7,9,11,13-14H,3-6,8H2,1-2H3. The Morgan fingerprint density at radius 1 is 1.47 bits per heavy atom. The second kappa shape index (κ2) is 5.13. The van der Waals surface area contributed by atoms with E-state index in [1.807, 2.05) is 11.3 Å². The highest BCUT2D eigenvalue weighted by Gasteiger charge is 2.28. The Morgan fingerprint density at radius 2 is 2.33 bits per heavy atom. The third-order valence-electron chi connectivity index (χ3n) is 3.49. The summed E-state index contributed by atoms with van der Waals surface area (Å²) in [5.74, 6) is 1.70. The molecule has 2 heteroatoms. The summed E-state index contributed by atoms with van der Waals surface area (Å²) in [6.45, 7) is 6.71. The van der Waals surface area contributed by atoms with Crippen molar-refractivity contribution < 1.29 is 0 Å². The molecule has 1 N–H and O–H groups in total. The summed E-state index contributed by atoms with van der Waals surface area (Å²) in [4.78, 5) is 1.46. The van der Waals surface area contributed by atoms with Crippen LogP contribution in [0.2, 0.25) is 0 Å². The first-order valence-corrected chi connectivity index (χ1v) is 6.95. The van der Waals surface area contributed by atoms with Crippen LogP contribution in [-0.4, -0.2) is 13.1 Å². The van der Waals surface area contributed by atoms with Crippen LogP contribution in [0.25, 0.3) is 0 Å². The molecule has 0 aliphatic heterocycles. The van der Waals surface area contributed by atoms with Gasteiger partial charge in [-0.1, -0.05) is 13.3 Å².